The van der Waals surface area contributed by atoms with Gasteiger partial charge >= 0.3 is 6.18 Å². The quantitative estimate of drug-likeness (QED) is 0.891. The second-order valence-corrected chi connectivity index (χ2v) is 3.88. The molecule has 2 rings (SSSR count). The van der Waals surface area contributed by atoms with Crippen LogP contribution < -0.4 is 4.74 Å². The molecule has 0 aliphatic rings. The molecule has 0 radical (unpaired) electrons. The van der Waals surface area contributed by atoms with Crippen molar-refractivity contribution >= 4 is 10.8 Å². The van der Waals surface area contributed by atoms with E-state index < -0.39 is 12.3 Å². The fourth-order valence-corrected chi connectivity index (χ4v) is 1.82. The van der Waals surface area contributed by atoms with Gasteiger partial charge in [0.15, 0.2) is 6.10 Å². The lowest BCUT2D eigenvalue weighted by molar-refractivity contribution is -0.206. The number of hydrogen-bond donors (Lipinski definition) is 1. The number of aliphatic hydroxyl groups is 1. The number of ether oxygens (including phenoxy) is 1. The molecule has 1 atom stereocenters. The van der Waals surface area contributed by atoms with Crippen LogP contribution in [0.2, 0.25) is 0 Å². The molecular formula is C13H11F3O2. The Kier molecular flexibility index (Phi) is 3.17. The Morgan fingerprint density at radius 2 is 1.89 bits per heavy atom. The van der Waals surface area contributed by atoms with Gasteiger partial charge in [-0.1, -0.05) is 24.3 Å². The van der Waals surface area contributed by atoms with Crippen LogP contribution in [0.1, 0.15) is 11.7 Å². The number of hydrogen-bond acceptors (Lipinski definition) is 2. The highest BCUT2D eigenvalue weighted by molar-refractivity contribution is 5.87. The Morgan fingerprint density at radius 1 is 1.17 bits per heavy atom. The van der Waals surface area contributed by atoms with Gasteiger partial charge in [-0.05, 0) is 28.5 Å². The summed E-state index contributed by atoms with van der Waals surface area (Å²) in [7, 11) is 1.43. The smallest absolute Gasteiger partial charge is 0.418 e. The number of halogens is 3. The summed E-state index contributed by atoms with van der Waals surface area (Å²) in [4.78, 5) is 0. The lowest BCUT2D eigenvalue weighted by atomic mass is 10.00. The van der Waals surface area contributed by atoms with Crippen LogP contribution in [0.25, 0.3) is 10.8 Å². The first-order valence-corrected chi connectivity index (χ1v) is 5.25. The zero-order valence-corrected chi connectivity index (χ0v) is 9.53. The van der Waals surface area contributed by atoms with Gasteiger partial charge in [0.2, 0.25) is 0 Å². The number of aliphatic hydroxyl groups excluding tert-OH is 1. The van der Waals surface area contributed by atoms with E-state index in [4.69, 9.17) is 4.74 Å². The van der Waals surface area contributed by atoms with Gasteiger partial charge in [0.25, 0.3) is 0 Å². The molecule has 0 spiro atoms. The summed E-state index contributed by atoms with van der Waals surface area (Å²) >= 11 is 0. The van der Waals surface area contributed by atoms with E-state index in [1.54, 1.807) is 18.2 Å². The van der Waals surface area contributed by atoms with Gasteiger partial charge in [-0.25, -0.2) is 0 Å². The average Bonchev–Trinajstić information content (AvgIpc) is 2.35. The molecule has 2 nitrogen and oxygen atoms in total. The Hall–Kier alpha value is -1.75. The Bertz CT molecular complexity index is 564. The van der Waals surface area contributed by atoms with Crippen LogP contribution in [0.5, 0.6) is 5.75 Å². The van der Waals surface area contributed by atoms with Crippen molar-refractivity contribution in [1.29, 1.82) is 0 Å². The minimum Gasteiger partial charge on any atom is -0.497 e. The SMILES string of the molecule is COc1ccc2cccc(C(O)C(F)(F)F)c2c1. The van der Waals surface area contributed by atoms with Gasteiger partial charge in [-0.15, -0.1) is 0 Å². The molecule has 2 aromatic rings. The maximum Gasteiger partial charge on any atom is 0.418 e. The minimum absolute atomic E-state index is 0.168. The first kappa shape index (κ1) is 12.7. The van der Waals surface area contributed by atoms with E-state index in [1.807, 2.05) is 0 Å². The predicted molar refractivity (Wildman–Crippen MR) is 61.5 cm³/mol. The summed E-state index contributed by atoms with van der Waals surface area (Å²) in [5.41, 5.74) is -0.168. The van der Waals surface area contributed by atoms with Gasteiger partial charge in [-0.2, -0.15) is 13.2 Å². The first-order chi connectivity index (χ1) is 8.43. The summed E-state index contributed by atoms with van der Waals surface area (Å²) in [5, 5.41) is 10.3. The third-order valence-electron chi connectivity index (χ3n) is 2.73. The van der Waals surface area contributed by atoms with Crippen molar-refractivity contribution in [3.05, 3.63) is 42.0 Å². The molecule has 0 heterocycles. The van der Waals surface area contributed by atoms with E-state index in [0.717, 1.165) is 0 Å². The zero-order chi connectivity index (χ0) is 13.3. The highest BCUT2D eigenvalue weighted by atomic mass is 19.4. The van der Waals surface area contributed by atoms with Gasteiger partial charge in [0, 0.05) is 0 Å². The lowest BCUT2D eigenvalue weighted by Gasteiger charge is -2.17. The van der Waals surface area contributed by atoms with E-state index in [1.165, 1.54) is 25.3 Å². The topological polar surface area (TPSA) is 29.5 Å². The Morgan fingerprint density at radius 3 is 2.50 bits per heavy atom. The second-order valence-electron chi connectivity index (χ2n) is 3.88. The lowest BCUT2D eigenvalue weighted by Crippen LogP contribution is -2.20. The molecule has 96 valence electrons. The summed E-state index contributed by atoms with van der Waals surface area (Å²) in [6, 6.07) is 9.23. The minimum atomic E-state index is -4.68. The molecule has 0 aromatic heterocycles. The number of benzene rings is 2. The molecule has 0 aliphatic carbocycles. The first-order valence-electron chi connectivity index (χ1n) is 5.25. The molecular weight excluding hydrogens is 245 g/mol. The van der Waals surface area contributed by atoms with Gasteiger partial charge in [0.05, 0.1) is 7.11 Å². The molecule has 1 unspecified atom stereocenters. The summed E-state index contributed by atoms with van der Waals surface area (Å²) in [6.45, 7) is 0. The van der Waals surface area contributed by atoms with Crippen LogP contribution in [-0.4, -0.2) is 18.4 Å². The summed E-state index contributed by atoms with van der Waals surface area (Å²) in [6.07, 6.45) is -7.18. The van der Waals surface area contributed by atoms with Gasteiger partial charge in [-0.3, -0.25) is 0 Å². The van der Waals surface area contributed by atoms with E-state index in [0.29, 0.717) is 16.5 Å². The molecule has 2 aromatic carbocycles. The van der Waals surface area contributed by atoms with Crippen molar-refractivity contribution in [2.75, 3.05) is 7.11 Å². The van der Waals surface area contributed by atoms with Crippen molar-refractivity contribution in [1.82, 2.24) is 0 Å². The largest absolute Gasteiger partial charge is 0.497 e. The standard InChI is InChI=1S/C13H11F3O2/c1-18-9-6-5-8-3-2-4-10(11(8)7-9)12(17)13(14,15)16/h2-7,12,17H,1H3. The molecule has 1 N–H and O–H groups in total. The Balaban J connectivity index is 2.63. The number of methoxy groups -OCH3 is 1. The fraction of sp³-hybridized carbons (Fsp3) is 0.231. The molecule has 18 heavy (non-hydrogen) atoms. The van der Waals surface area contributed by atoms with Crippen LogP contribution in [0.3, 0.4) is 0 Å². The average molecular weight is 256 g/mol. The van der Waals surface area contributed by atoms with E-state index in [2.05, 4.69) is 0 Å². The van der Waals surface area contributed by atoms with Crippen LogP contribution >= 0.6 is 0 Å². The molecule has 0 saturated carbocycles. The number of rotatable bonds is 2. The third-order valence-corrected chi connectivity index (χ3v) is 2.73. The second kappa shape index (κ2) is 4.49. The summed E-state index contributed by atoms with van der Waals surface area (Å²) in [5.74, 6) is 0.448. The van der Waals surface area contributed by atoms with E-state index >= 15 is 0 Å². The van der Waals surface area contributed by atoms with Crippen molar-refractivity contribution in [3.8, 4) is 5.75 Å². The maximum atomic E-state index is 12.6. The van der Waals surface area contributed by atoms with Crippen LogP contribution in [0.4, 0.5) is 13.2 Å². The van der Waals surface area contributed by atoms with Crippen molar-refractivity contribution in [3.63, 3.8) is 0 Å². The molecule has 0 saturated heterocycles. The predicted octanol–water partition coefficient (Wildman–Crippen LogP) is 3.44. The van der Waals surface area contributed by atoms with Crippen LogP contribution in [-0.2, 0) is 0 Å². The monoisotopic (exact) mass is 256 g/mol. The molecule has 0 bridgehead atoms. The number of fused-ring (bicyclic) bond motifs is 1. The number of alkyl halides is 3. The highest BCUT2D eigenvalue weighted by Crippen LogP contribution is 2.36. The Labute approximate surface area is 102 Å². The molecule has 0 fully saturated rings. The maximum absolute atomic E-state index is 12.6. The molecule has 5 heteroatoms. The van der Waals surface area contributed by atoms with Crippen LogP contribution in [0.15, 0.2) is 36.4 Å². The van der Waals surface area contributed by atoms with E-state index in [9.17, 15) is 18.3 Å². The van der Waals surface area contributed by atoms with Crippen molar-refractivity contribution in [2.45, 2.75) is 12.3 Å². The zero-order valence-electron chi connectivity index (χ0n) is 9.53. The van der Waals surface area contributed by atoms with Gasteiger partial charge < -0.3 is 9.84 Å². The molecule has 0 aliphatic heterocycles. The van der Waals surface area contributed by atoms with Crippen LogP contribution in [0, 0.1) is 0 Å². The van der Waals surface area contributed by atoms with Gasteiger partial charge in [0.1, 0.15) is 5.75 Å². The highest BCUT2D eigenvalue weighted by Gasteiger charge is 2.40. The molecule has 0 amide bonds. The normalized spacial score (nSPS) is 13.6. The van der Waals surface area contributed by atoms with Crippen molar-refractivity contribution in [2.24, 2.45) is 0 Å². The van der Waals surface area contributed by atoms with Crippen molar-refractivity contribution < 1.29 is 23.0 Å². The third kappa shape index (κ3) is 2.26. The fourth-order valence-electron chi connectivity index (χ4n) is 1.82. The summed E-state index contributed by atoms with van der Waals surface area (Å²) < 4.78 is 42.7. The van der Waals surface area contributed by atoms with E-state index in [-0.39, 0.29) is 5.56 Å².